The minimum Gasteiger partial charge on any atom is -0.479 e. The van der Waals surface area contributed by atoms with Gasteiger partial charge in [-0.05, 0) is 15.9 Å². The lowest BCUT2D eigenvalue weighted by atomic mass is 10.4. The quantitative estimate of drug-likeness (QED) is 0.733. The Hall–Kier alpha value is -1.04. The van der Waals surface area contributed by atoms with Gasteiger partial charge in [-0.25, -0.2) is 4.79 Å². The van der Waals surface area contributed by atoms with E-state index in [-0.39, 0.29) is 0 Å². The number of esters is 1. The van der Waals surface area contributed by atoms with Crippen molar-refractivity contribution in [3.05, 3.63) is 10.2 Å². The molecule has 13 heavy (non-hydrogen) atoms. The molecule has 72 valence electrons. The van der Waals surface area contributed by atoms with Crippen LogP contribution >= 0.6 is 15.9 Å². The largest absolute Gasteiger partial charge is 0.479 e. The summed E-state index contributed by atoms with van der Waals surface area (Å²) in [5, 5.41) is 3.94. The molecule has 0 spiro atoms. The highest BCUT2D eigenvalue weighted by Crippen LogP contribution is 2.27. The fraction of sp³-hybridized carbons (Fsp3) is 0.429. The second kappa shape index (κ2) is 3.78. The summed E-state index contributed by atoms with van der Waals surface area (Å²) in [5.41, 5.74) is 0.333. The van der Waals surface area contributed by atoms with E-state index in [9.17, 15) is 4.79 Å². The highest BCUT2D eigenvalue weighted by Gasteiger charge is 2.21. The maximum Gasteiger partial charge on any atom is 0.357 e. The first-order chi connectivity index (χ1) is 6.11. The Morgan fingerprint density at radius 1 is 1.54 bits per heavy atom. The number of nitrogens with zero attached hydrogens (tertiary/aromatic N) is 2. The molecule has 0 aliphatic carbocycles. The van der Waals surface area contributed by atoms with E-state index in [1.807, 2.05) is 0 Å². The van der Waals surface area contributed by atoms with Gasteiger partial charge < -0.3 is 9.47 Å². The normalized spacial score (nSPS) is 9.85. The topological polar surface area (TPSA) is 53.4 Å². The molecule has 0 radical (unpaired) electrons. The van der Waals surface area contributed by atoms with Gasteiger partial charge in [0.05, 0.1) is 14.2 Å². The van der Waals surface area contributed by atoms with E-state index in [1.54, 1.807) is 7.05 Å². The third-order valence-corrected chi connectivity index (χ3v) is 2.25. The fourth-order valence-corrected chi connectivity index (χ4v) is 1.58. The van der Waals surface area contributed by atoms with E-state index >= 15 is 0 Å². The lowest BCUT2D eigenvalue weighted by Gasteiger charge is -1.98. The first kappa shape index (κ1) is 10.0. The lowest BCUT2D eigenvalue weighted by molar-refractivity contribution is 0.0587. The van der Waals surface area contributed by atoms with E-state index in [0.29, 0.717) is 16.0 Å². The number of halogens is 1. The van der Waals surface area contributed by atoms with Gasteiger partial charge in [0.2, 0.25) is 5.88 Å². The van der Waals surface area contributed by atoms with Crippen LogP contribution in [0.25, 0.3) is 0 Å². The molecule has 0 unspecified atom stereocenters. The second-order valence-electron chi connectivity index (χ2n) is 2.29. The fourth-order valence-electron chi connectivity index (χ4n) is 0.922. The molecule has 1 aromatic rings. The summed E-state index contributed by atoms with van der Waals surface area (Å²) >= 11 is 3.19. The summed E-state index contributed by atoms with van der Waals surface area (Å²) in [5.74, 6) is -0.0897. The minimum absolute atomic E-state index is 0.333. The van der Waals surface area contributed by atoms with Gasteiger partial charge in [0, 0.05) is 7.05 Å². The van der Waals surface area contributed by atoms with Crippen LogP contribution in [0, 0.1) is 0 Å². The predicted molar refractivity (Wildman–Crippen MR) is 48.8 cm³/mol. The Balaban J connectivity index is 3.20. The molecule has 0 aromatic carbocycles. The number of rotatable bonds is 2. The van der Waals surface area contributed by atoms with Crippen molar-refractivity contribution in [2.24, 2.45) is 7.05 Å². The molecule has 1 heterocycles. The summed E-state index contributed by atoms with van der Waals surface area (Å²) in [6, 6.07) is 0. The molecular formula is C7H9BrN2O3. The van der Waals surface area contributed by atoms with Crippen LogP contribution in [-0.4, -0.2) is 30.0 Å². The SMILES string of the molecule is COC(=O)c1c(Br)c(OC)nn1C. The highest BCUT2D eigenvalue weighted by molar-refractivity contribution is 9.10. The maximum absolute atomic E-state index is 11.2. The third-order valence-electron chi connectivity index (χ3n) is 1.53. The van der Waals surface area contributed by atoms with Gasteiger partial charge in [-0.15, -0.1) is 5.10 Å². The minimum atomic E-state index is -0.454. The zero-order valence-corrected chi connectivity index (χ0v) is 9.08. The number of aromatic nitrogens is 2. The van der Waals surface area contributed by atoms with Crippen molar-refractivity contribution in [2.75, 3.05) is 14.2 Å². The van der Waals surface area contributed by atoms with Gasteiger partial charge in [-0.1, -0.05) is 0 Å². The van der Waals surface area contributed by atoms with Crippen LogP contribution in [-0.2, 0) is 11.8 Å². The molecule has 1 rings (SSSR count). The molecule has 6 heteroatoms. The molecule has 0 aliphatic heterocycles. The molecule has 0 N–H and O–H groups in total. The van der Waals surface area contributed by atoms with Gasteiger partial charge in [0.25, 0.3) is 0 Å². The van der Waals surface area contributed by atoms with E-state index in [1.165, 1.54) is 18.9 Å². The van der Waals surface area contributed by atoms with Crippen molar-refractivity contribution in [3.8, 4) is 5.88 Å². The molecule has 0 saturated carbocycles. The first-order valence-corrected chi connectivity index (χ1v) is 4.26. The number of methoxy groups -OCH3 is 2. The summed E-state index contributed by atoms with van der Waals surface area (Å²) in [6.07, 6.45) is 0. The van der Waals surface area contributed by atoms with Gasteiger partial charge in [-0.3, -0.25) is 4.68 Å². The van der Waals surface area contributed by atoms with Gasteiger partial charge in [-0.2, -0.15) is 0 Å². The first-order valence-electron chi connectivity index (χ1n) is 3.46. The summed E-state index contributed by atoms with van der Waals surface area (Å²) in [6.45, 7) is 0. The van der Waals surface area contributed by atoms with Crippen molar-refractivity contribution < 1.29 is 14.3 Å². The number of ether oxygens (including phenoxy) is 2. The Bertz CT molecular complexity index is 335. The molecule has 1 aromatic heterocycles. The molecule has 0 aliphatic rings. The van der Waals surface area contributed by atoms with Crippen molar-refractivity contribution in [2.45, 2.75) is 0 Å². The predicted octanol–water partition coefficient (Wildman–Crippen LogP) is 0.978. The van der Waals surface area contributed by atoms with E-state index in [2.05, 4.69) is 25.8 Å². The molecular weight excluding hydrogens is 240 g/mol. The van der Waals surface area contributed by atoms with Crippen molar-refractivity contribution in [3.63, 3.8) is 0 Å². The molecule has 0 bridgehead atoms. The zero-order chi connectivity index (χ0) is 10.0. The Morgan fingerprint density at radius 2 is 2.15 bits per heavy atom. The molecule has 0 saturated heterocycles. The highest BCUT2D eigenvalue weighted by atomic mass is 79.9. The number of aryl methyl sites for hydroxylation is 1. The summed E-state index contributed by atoms with van der Waals surface area (Å²) < 4.78 is 11.4. The van der Waals surface area contributed by atoms with Gasteiger partial charge in [0.15, 0.2) is 5.69 Å². The van der Waals surface area contributed by atoms with Crippen LogP contribution in [0.1, 0.15) is 10.5 Å². The van der Waals surface area contributed by atoms with Crippen LogP contribution in [0.2, 0.25) is 0 Å². The van der Waals surface area contributed by atoms with Crippen molar-refractivity contribution >= 4 is 21.9 Å². The molecule has 0 fully saturated rings. The lowest BCUT2D eigenvalue weighted by Crippen LogP contribution is -2.08. The smallest absolute Gasteiger partial charge is 0.357 e. The van der Waals surface area contributed by atoms with Crippen LogP contribution in [0.15, 0.2) is 4.47 Å². The maximum atomic E-state index is 11.2. The van der Waals surface area contributed by atoms with E-state index in [0.717, 1.165) is 0 Å². The molecule has 0 amide bonds. The van der Waals surface area contributed by atoms with Crippen LogP contribution in [0.4, 0.5) is 0 Å². The van der Waals surface area contributed by atoms with Crippen LogP contribution < -0.4 is 4.74 Å². The van der Waals surface area contributed by atoms with Gasteiger partial charge >= 0.3 is 5.97 Å². The zero-order valence-electron chi connectivity index (χ0n) is 7.50. The Morgan fingerprint density at radius 3 is 2.54 bits per heavy atom. The van der Waals surface area contributed by atoms with Gasteiger partial charge in [0.1, 0.15) is 4.47 Å². The standard InChI is InChI=1S/C7H9BrN2O3/c1-10-5(7(11)13-3)4(8)6(9-10)12-2/h1-3H3. The number of hydrogen-bond acceptors (Lipinski definition) is 4. The van der Waals surface area contributed by atoms with Crippen molar-refractivity contribution in [1.82, 2.24) is 9.78 Å². The average molecular weight is 249 g/mol. The Labute approximate surface area is 83.8 Å². The number of carbonyl (C=O) groups is 1. The molecule has 5 nitrogen and oxygen atoms in total. The van der Waals surface area contributed by atoms with Crippen molar-refractivity contribution in [1.29, 1.82) is 0 Å². The Kier molecular flexibility index (Phi) is 2.92. The number of hydrogen-bond donors (Lipinski definition) is 0. The summed E-state index contributed by atoms with van der Waals surface area (Å²) in [7, 11) is 4.43. The third kappa shape index (κ3) is 1.67. The van der Waals surface area contributed by atoms with E-state index < -0.39 is 5.97 Å². The van der Waals surface area contributed by atoms with Crippen LogP contribution in [0.3, 0.4) is 0 Å². The van der Waals surface area contributed by atoms with E-state index in [4.69, 9.17) is 4.74 Å². The summed E-state index contributed by atoms with van der Waals surface area (Å²) in [4.78, 5) is 11.2. The monoisotopic (exact) mass is 248 g/mol. The van der Waals surface area contributed by atoms with Crippen LogP contribution in [0.5, 0.6) is 5.88 Å². The molecule has 0 atom stereocenters. The second-order valence-corrected chi connectivity index (χ2v) is 3.08. The number of carbonyl (C=O) groups excluding carboxylic acids is 1. The average Bonchev–Trinajstić information content (AvgIpc) is 2.40.